The summed E-state index contributed by atoms with van der Waals surface area (Å²) < 4.78 is 16.8. The Morgan fingerprint density at radius 2 is 1.83 bits per heavy atom. The first-order valence-electron chi connectivity index (χ1n) is 10.8. The van der Waals surface area contributed by atoms with Gasteiger partial charge in [-0.1, -0.05) is 18.6 Å². The van der Waals surface area contributed by atoms with E-state index < -0.39 is 0 Å². The molecule has 0 heterocycles. The quantitative estimate of drug-likeness (QED) is 0.625. The molecule has 0 atom stereocenters. The van der Waals surface area contributed by atoms with Gasteiger partial charge < -0.3 is 24.8 Å². The molecule has 162 valence electrons. The Morgan fingerprint density at radius 1 is 1.03 bits per heavy atom. The highest BCUT2D eigenvalue weighted by Crippen LogP contribution is 2.29. The van der Waals surface area contributed by atoms with E-state index in [9.17, 15) is 4.79 Å². The second kappa shape index (κ2) is 11.5. The third-order valence-corrected chi connectivity index (χ3v) is 5.38. The second-order valence-corrected chi connectivity index (χ2v) is 7.59. The van der Waals surface area contributed by atoms with E-state index in [0.29, 0.717) is 29.5 Å². The molecule has 2 aromatic carbocycles. The van der Waals surface area contributed by atoms with Gasteiger partial charge in [0.1, 0.15) is 12.3 Å². The van der Waals surface area contributed by atoms with E-state index in [1.807, 2.05) is 31.2 Å². The van der Waals surface area contributed by atoms with Crippen molar-refractivity contribution in [2.75, 3.05) is 25.6 Å². The van der Waals surface area contributed by atoms with Crippen LogP contribution in [0.3, 0.4) is 0 Å². The number of anilines is 1. The molecule has 0 spiro atoms. The van der Waals surface area contributed by atoms with Crippen LogP contribution >= 0.6 is 0 Å². The SMILES string of the molecule is CCOc1cc(C[NH2+]C2CCCCC2)ccc1OCC(=O)Nc1ccccc1OC. The fraction of sp³-hybridized carbons (Fsp3) is 0.458. The highest BCUT2D eigenvalue weighted by Gasteiger charge is 2.17. The molecular formula is C24H33N2O4+. The summed E-state index contributed by atoms with van der Waals surface area (Å²) in [5.41, 5.74) is 1.82. The second-order valence-electron chi connectivity index (χ2n) is 7.59. The van der Waals surface area contributed by atoms with Gasteiger partial charge in [0.25, 0.3) is 5.91 Å². The minimum atomic E-state index is -0.253. The number of carbonyl (C=O) groups is 1. The molecule has 3 N–H and O–H groups in total. The van der Waals surface area contributed by atoms with Crippen LogP contribution in [-0.2, 0) is 11.3 Å². The van der Waals surface area contributed by atoms with Crippen LogP contribution in [-0.4, -0.2) is 32.3 Å². The molecule has 1 amide bonds. The van der Waals surface area contributed by atoms with Gasteiger partial charge in [0.05, 0.1) is 25.4 Å². The maximum Gasteiger partial charge on any atom is 0.262 e. The standard InChI is InChI=1S/C24H32N2O4/c1-3-29-23-15-18(16-25-19-9-5-4-6-10-19)13-14-22(23)30-17-24(27)26-20-11-7-8-12-21(20)28-2/h7-8,11-15,19,25H,3-6,9-10,16-17H2,1-2H3,(H,26,27)/p+1. The first-order valence-corrected chi connectivity index (χ1v) is 10.8. The fourth-order valence-corrected chi connectivity index (χ4v) is 3.82. The van der Waals surface area contributed by atoms with Crippen molar-refractivity contribution in [3.63, 3.8) is 0 Å². The number of methoxy groups -OCH3 is 1. The summed E-state index contributed by atoms with van der Waals surface area (Å²) in [4.78, 5) is 12.3. The van der Waals surface area contributed by atoms with Crippen LogP contribution in [0.15, 0.2) is 42.5 Å². The van der Waals surface area contributed by atoms with E-state index in [-0.39, 0.29) is 12.5 Å². The maximum atomic E-state index is 12.3. The van der Waals surface area contributed by atoms with E-state index in [4.69, 9.17) is 14.2 Å². The van der Waals surface area contributed by atoms with Crippen molar-refractivity contribution < 1.29 is 24.3 Å². The highest BCUT2D eigenvalue weighted by atomic mass is 16.5. The zero-order chi connectivity index (χ0) is 21.2. The number of benzene rings is 2. The summed E-state index contributed by atoms with van der Waals surface area (Å²) in [6.45, 7) is 3.31. The molecule has 1 saturated carbocycles. The summed E-state index contributed by atoms with van der Waals surface area (Å²) in [6.07, 6.45) is 6.67. The van der Waals surface area contributed by atoms with Crippen LogP contribution in [0, 0.1) is 0 Å². The molecule has 6 heteroatoms. The molecule has 3 rings (SSSR count). The number of hydrogen-bond donors (Lipinski definition) is 2. The van der Waals surface area contributed by atoms with Gasteiger partial charge in [-0.25, -0.2) is 0 Å². The first kappa shape index (κ1) is 22.0. The number of rotatable bonds is 10. The molecule has 1 aliphatic carbocycles. The molecule has 1 aliphatic rings. The number of nitrogens with two attached hydrogens (primary N) is 1. The molecule has 0 aromatic heterocycles. The van der Waals surface area contributed by atoms with Crippen molar-refractivity contribution in [3.05, 3.63) is 48.0 Å². The van der Waals surface area contributed by atoms with Crippen LogP contribution in [0.4, 0.5) is 5.69 Å². The van der Waals surface area contributed by atoms with Gasteiger partial charge in [-0.15, -0.1) is 0 Å². The van der Waals surface area contributed by atoms with Crippen molar-refractivity contribution in [3.8, 4) is 17.2 Å². The fourth-order valence-electron chi connectivity index (χ4n) is 3.82. The van der Waals surface area contributed by atoms with E-state index in [1.54, 1.807) is 19.2 Å². The Balaban J connectivity index is 1.57. The minimum Gasteiger partial charge on any atom is -0.495 e. The number of carbonyl (C=O) groups excluding carboxylic acids is 1. The zero-order valence-electron chi connectivity index (χ0n) is 18.0. The molecule has 1 fully saturated rings. The number of ether oxygens (including phenoxy) is 3. The number of nitrogens with one attached hydrogen (secondary N) is 1. The Morgan fingerprint density at radius 3 is 2.60 bits per heavy atom. The average Bonchev–Trinajstić information content (AvgIpc) is 2.78. The monoisotopic (exact) mass is 413 g/mol. The summed E-state index contributed by atoms with van der Waals surface area (Å²) in [6, 6.07) is 14.0. The topological polar surface area (TPSA) is 73.4 Å². The van der Waals surface area contributed by atoms with Gasteiger partial charge in [0, 0.05) is 5.56 Å². The molecule has 0 saturated heterocycles. The van der Waals surface area contributed by atoms with Gasteiger partial charge in [0.2, 0.25) is 0 Å². The number of quaternary nitrogens is 1. The zero-order valence-corrected chi connectivity index (χ0v) is 18.0. The van der Waals surface area contributed by atoms with Crippen molar-refractivity contribution in [2.45, 2.75) is 51.6 Å². The van der Waals surface area contributed by atoms with E-state index in [0.717, 1.165) is 12.6 Å². The molecule has 0 unspecified atom stereocenters. The number of amides is 1. The van der Waals surface area contributed by atoms with Crippen LogP contribution in [0.5, 0.6) is 17.2 Å². The maximum absolute atomic E-state index is 12.3. The Kier molecular flexibility index (Phi) is 8.39. The van der Waals surface area contributed by atoms with E-state index >= 15 is 0 Å². The Hall–Kier alpha value is -2.73. The molecule has 0 aliphatic heterocycles. The predicted octanol–water partition coefficient (Wildman–Crippen LogP) is 3.51. The molecule has 0 radical (unpaired) electrons. The van der Waals surface area contributed by atoms with Gasteiger partial charge in [-0.2, -0.15) is 0 Å². The lowest BCUT2D eigenvalue weighted by molar-refractivity contribution is -0.706. The molecule has 30 heavy (non-hydrogen) atoms. The van der Waals surface area contributed by atoms with Crippen LogP contribution < -0.4 is 24.8 Å². The van der Waals surface area contributed by atoms with E-state index in [2.05, 4.69) is 16.7 Å². The van der Waals surface area contributed by atoms with E-state index in [1.165, 1.54) is 37.7 Å². The van der Waals surface area contributed by atoms with Crippen molar-refractivity contribution in [1.82, 2.24) is 0 Å². The lowest BCUT2D eigenvalue weighted by Crippen LogP contribution is -2.88. The highest BCUT2D eigenvalue weighted by molar-refractivity contribution is 5.93. The summed E-state index contributed by atoms with van der Waals surface area (Å²) >= 11 is 0. The number of para-hydroxylation sites is 2. The Bertz CT molecular complexity index is 819. The largest absolute Gasteiger partial charge is 0.495 e. The summed E-state index contributed by atoms with van der Waals surface area (Å²) in [7, 11) is 1.57. The molecular weight excluding hydrogens is 380 g/mol. The minimum absolute atomic E-state index is 0.105. The predicted molar refractivity (Wildman–Crippen MR) is 117 cm³/mol. The van der Waals surface area contributed by atoms with Gasteiger partial charge in [-0.3, -0.25) is 4.79 Å². The lowest BCUT2D eigenvalue weighted by atomic mass is 9.95. The molecule has 0 bridgehead atoms. The average molecular weight is 414 g/mol. The summed E-state index contributed by atoms with van der Waals surface area (Å²) in [5, 5.41) is 5.25. The van der Waals surface area contributed by atoms with Gasteiger partial charge >= 0.3 is 0 Å². The molecule has 6 nitrogen and oxygen atoms in total. The van der Waals surface area contributed by atoms with Crippen molar-refractivity contribution in [1.29, 1.82) is 0 Å². The third-order valence-electron chi connectivity index (χ3n) is 5.38. The Labute approximate surface area is 178 Å². The first-order chi connectivity index (χ1) is 14.7. The smallest absolute Gasteiger partial charge is 0.262 e. The van der Waals surface area contributed by atoms with Crippen molar-refractivity contribution in [2.24, 2.45) is 0 Å². The van der Waals surface area contributed by atoms with Gasteiger partial charge in [-0.05, 0) is 62.9 Å². The van der Waals surface area contributed by atoms with Crippen LogP contribution in [0.25, 0.3) is 0 Å². The number of hydrogen-bond acceptors (Lipinski definition) is 4. The normalized spacial score (nSPS) is 14.2. The third kappa shape index (κ3) is 6.39. The lowest BCUT2D eigenvalue weighted by Gasteiger charge is -2.20. The summed E-state index contributed by atoms with van der Waals surface area (Å²) in [5.74, 6) is 1.61. The van der Waals surface area contributed by atoms with Crippen LogP contribution in [0.2, 0.25) is 0 Å². The molecule has 2 aromatic rings. The van der Waals surface area contributed by atoms with Crippen molar-refractivity contribution >= 4 is 11.6 Å². The van der Waals surface area contributed by atoms with Gasteiger partial charge in [0.15, 0.2) is 18.1 Å². The van der Waals surface area contributed by atoms with Crippen LogP contribution in [0.1, 0.15) is 44.6 Å².